The number of halogens is 3. The summed E-state index contributed by atoms with van der Waals surface area (Å²) in [5.74, 6) is -0.437. The van der Waals surface area contributed by atoms with E-state index >= 15 is 0 Å². The second kappa shape index (κ2) is 9.88. The van der Waals surface area contributed by atoms with Crippen molar-refractivity contribution >= 4 is 11.5 Å². The number of rotatable bonds is 7. The number of allylic oxidation sites excluding steroid dienone is 1. The first-order valence-electron chi connectivity index (χ1n) is 12.7. The summed E-state index contributed by atoms with van der Waals surface area (Å²) in [6.07, 6.45) is 0.761. The van der Waals surface area contributed by atoms with Crippen LogP contribution in [0.1, 0.15) is 73.0 Å². The summed E-state index contributed by atoms with van der Waals surface area (Å²) in [6, 6.07) is 9.08. The van der Waals surface area contributed by atoms with Gasteiger partial charge in [0, 0.05) is 19.6 Å². The number of likely N-dealkylation sites (tertiary alicyclic amines) is 1. The molecule has 2 fully saturated rings. The molecule has 1 aromatic heterocycles. The van der Waals surface area contributed by atoms with E-state index in [-0.39, 0.29) is 24.1 Å². The number of carboxylic acids is 1. The van der Waals surface area contributed by atoms with E-state index in [1.165, 1.54) is 11.1 Å². The van der Waals surface area contributed by atoms with Crippen LogP contribution in [-0.4, -0.2) is 40.6 Å². The number of hydrogen-bond donors (Lipinski definition) is 1. The highest BCUT2D eigenvalue weighted by Crippen LogP contribution is 2.41. The molecule has 5 rings (SSSR count). The topological polar surface area (TPSA) is 62.7 Å². The Balaban J connectivity index is 1.26. The van der Waals surface area contributed by atoms with Gasteiger partial charge < -0.3 is 9.84 Å². The third-order valence-electron chi connectivity index (χ3n) is 7.86. The SMILES string of the molecule is CC1=C(CN2CC(C(=O)O)C2)CCc2cc(OCc3ccc(C4CCCC4)c(C(F)(F)F)n3)ccc21. The average molecular weight is 501 g/mol. The molecule has 1 aliphatic heterocycles. The van der Waals surface area contributed by atoms with Crippen LogP contribution in [0.15, 0.2) is 35.9 Å². The fraction of sp³-hybridized carbons (Fsp3) is 0.500. The zero-order valence-electron chi connectivity index (χ0n) is 20.4. The van der Waals surface area contributed by atoms with Crippen LogP contribution in [0.3, 0.4) is 0 Å². The third kappa shape index (κ3) is 5.14. The first-order chi connectivity index (χ1) is 17.2. The van der Waals surface area contributed by atoms with Gasteiger partial charge in [0.1, 0.15) is 18.1 Å². The van der Waals surface area contributed by atoms with E-state index in [0.29, 0.717) is 24.4 Å². The van der Waals surface area contributed by atoms with Gasteiger partial charge >= 0.3 is 12.1 Å². The van der Waals surface area contributed by atoms with Crippen LogP contribution < -0.4 is 4.74 Å². The molecule has 8 heteroatoms. The minimum absolute atomic E-state index is 0.0212. The molecular weight excluding hydrogens is 469 g/mol. The maximum atomic E-state index is 13.7. The Bertz CT molecular complexity index is 1180. The summed E-state index contributed by atoms with van der Waals surface area (Å²) in [5.41, 5.74) is 4.65. The van der Waals surface area contributed by atoms with Gasteiger partial charge in [0.2, 0.25) is 0 Å². The van der Waals surface area contributed by atoms with Crippen molar-refractivity contribution in [2.24, 2.45) is 5.92 Å². The minimum Gasteiger partial charge on any atom is -0.487 e. The predicted octanol–water partition coefficient (Wildman–Crippen LogP) is 6.07. The van der Waals surface area contributed by atoms with Gasteiger partial charge in [-0.2, -0.15) is 13.2 Å². The number of aromatic nitrogens is 1. The van der Waals surface area contributed by atoms with E-state index in [1.807, 2.05) is 18.2 Å². The number of nitrogens with zero attached hydrogens (tertiary/aromatic N) is 2. The van der Waals surface area contributed by atoms with Crippen molar-refractivity contribution in [2.75, 3.05) is 19.6 Å². The number of benzene rings is 1. The van der Waals surface area contributed by atoms with Crippen molar-refractivity contribution in [3.8, 4) is 5.75 Å². The highest BCUT2D eigenvalue weighted by molar-refractivity contribution is 5.73. The number of alkyl halides is 3. The smallest absolute Gasteiger partial charge is 0.433 e. The fourth-order valence-electron chi connectivity index (χ4n) is 5.76. The monoisotopic (exact) mass is 500 g/mol. The number of pyridine rings is 1. The van der Waals surface area contributed by atoms with Crippen LogP contribution in [0.5, 0.6) is 5.75 Å². The number of carbonyl (C=O) groups is 1. The molecule has 36 heavy (non-hydrogen) atoms. The Morgan fingerprint density at radius 2 is 1.89 bits per heavy atom. The molecule has 1 saturated heterocycles. The van der Waals surface area contributed by atoms with E-state index in [4.69, 9.17) is 9.84 Å². The summed E-state index contributed by atoms with van der Waals surface area (Å²) >= 11 is 0. The lowest BCUT2D eigenvalue weighted by Crippen LogP contribution is -2.50. The van der Waals surface area contributed by atoms with E-state index in [0.717, 1.165) is 56.2 Å². The molecule has 192 valence electrons. The van der Waals surface area contributed by atoms with E-state index < -0.39 is 17.8 Å². The second-order valence-electron chi connectivity index (χ2n) is 10.3. The van der Waals surface area contributed by atoms with E-state index in [9.17, 15) is 18.0 Å². The van der Waals surface area contributed by atoms with Crippen molar-refractivity contribution in [3.05, 3.63) is 64.0 Å². The normalized spacial score (nSPS) is 19.3. The Labute approximate surface area is 209 Å². The highest BCUT2D eigenvalue weighted by atomic mass is 19.4. The molecule has 2 heterocycles. The molecule has 0 spiro atoms. The molecule has 1 saturated carbocycles. The van der Waals surface area contributed by atoms with Gasteiger partial charge in [-0.25, -0.2) is 4.98 Å². The van der Waals surface area contributed by atoms with Crippen molar-refractivity contribution in [3.63, 3.8) is 0 Å². The van der Waals surface area contributed by atoms with Gasteiger partial charge in [0.05, 0.1) is 11.6 Å². The van der Waals surface area contributed by atoms with Crippen LogP contribution in [0, 0.1) is 5.92 Å². The van der Waals surface area contributed by atoms with Crippen LogP contribution in [0.2, 0.25) is 0 Å². The summed E-state index contributed by atoms with van der Waals surface area (Å²) < 4.78 is 47.0. The fourth-order valence-corrected chi connectivity index (χ4v) is 5.76. The predicted molar refractivity (Wildman–Crippen MR) is 130 cm³/mol. The summed E-state index contributed by atoms with van der Waals surface area (Å²) in [5, 5.41) is 9.08. The van der Waals surface area contributed by atoms with Crippen molar-refractivity contribution in [2.45, 2.75) is 64.1 Å². The average Bonchev–Trinajstić information content (AvgIpc) is 3.35. The Morgan fingerprint density at radius 3 is 2.58 bits per heavy atom. The lowest BCUT2D eigenvalue weighted by molar-refractivity contribution is -0.147. The maximum absolute atomic E-state index is 13.7. The minimum atomic E-state index is -4.48. The number of ether oxygens (including phenoxy) is 1. The van der Waals surface area contributed by atoms with Gasteiger partial charge in [0.15, 0.2) is 0 Å². The largest absolute Gasteiger partial charge is 0.487 e. The summed E-state index contributed by atoms with van der Waals surface area (Å²) in [4.78, 5) is 17.2. The van der Waals surface area contributed by atoms with E-state index in [1.54, 1.807) is 12.1 Å². The number of fused-ring (bicyclic) bond motifs is 1. The molecule has 0 atom stereocenters. The van der Waals surface area contributed by atoms with Crippen LogP contribution in [-0.2, 0) is 24.0 Å². The molecule has 2 aromatic rings. The Hall–Kier alpha value is -2.87. The summed E-state index contributed by atoms with van der Waals surface area (Å²) in [7, 11) is 0. The standard InChI is InChI=1S/C28H31F3N2O3/c1-17-20(13-33-14-21(15-33)27(34)35)7-6-19-12-23(9-11-24(17)19)36-16-22-8-10-25(18-4-2-3-5-18)26(32-22)28(29,30)31/h8-12,18,21H,2-7,13-16H2,1H3,(H,34,35). The molecule has 0 radical (unpaired) electrons. The number of aryl methyl sites for hydroxylation is 1. The van der Waals surface area contributed by atoms with Gasteiger partial charge in [0.25, 0.3) is 0 Å². The first kappa shape index (κ1) is 24.8. The van der Waals surface area contributed by atoms with Crippen LogP contribution >= 0.6 is 0 Å². The zero-order chi connectivity index (χ0) is 25.4. The molecular formula is C28H31F3N2O3. The lowest BCUT2D eigenvalue weighted by atomic mass is 9.85. The number of aliphatic carboxylic acids is 1. The van der Waals surface area contributed by atoms with Crippen molar-refractivity contribution < 1.29 is 27.8 Å². The number of carboxylic acid groups (broad SMARTS) is 1. The van der Waals surface area contributed by atoms with Gasteiger partial charge in [-0.1, -0.05) is 30.5 Å². The zero-order valence-corrected chi connectivity index (χ0v) is 20.4. The Morgan fingerprint density at radius 1 is 1.14 bits per heavy atom. The highest BCUT2D eigenvalue weighted by Gasteiger charge is 2.38. The van der Waals surface area contributed by atoms with Crippen molar-refractivity contribution in [1.82, 2.24) is 9.88 Å². The van der Waals surface area contributed by atoms with Crippen molar-refractivity contribution in [1.29, 1.82) is 0 Å². The summed E-state index contributed by atoms with van der Waals surface area (Å²) in [6.45, 7) is 4.05. The lowest BCUT2D eigenvalue weighted by Gasteiger charge is -2.38. The first-order valence-corrected chi connectivity index (χ1v) is 12.7. The van der Waals surface area contributed by atoms with Gasteiger partial charge in [-0.3, -0.25) is 9.69 Å². The number of hydrogen-bond acceptors (Lipinski definition) is 4. The van der Waals surface area contributed by atoms with Crippen LogP contribution in [0.4, 0.5) is 13.2 Å². The maximum Gasteiger partial charge on any atom is 0.433 e. The Kier molecular flexibility index (Phi) is 6.81. The molecule has 2 aliphatic carbocycles. The van der Waals surface area contributed by atoms with Gasteiger partial charge in [-0.05, 0) is 79.0 Å². The molecule has 5 nitrogen and oxygen atoms in total. The quantitative estimate of drug-likeness (QED) is 0.500. The molecule has 1 N–H and O–H groups in total. The van der Waals surface area contributed by atoms with E-state index in [2.05, 4.69) is 16.8 Å². The molecule has 0 amide bonds. The molecule has 0 unspecified atom stereocenters. The molecule has 1 aromatic carbocycles. The second-order valence-corrected chi connectivity index (χ2v) is 10.3. The van der Waals surface area contributed by atoms with Crippen LogP contribution in [0.25, 0.3) is 5.57 Å². The third-order valence-corrected chi connectivity index (χ3v) is 7.86. The van der Waals surface area contributed by atoms with Gasteiger partial charge in [-0.15, -0.1) is 0 Å². The molecule has 3 aliphatic rings. The molecule has 0 bridgehead atoms.